The minimum Gasteiger partial charge on any atom is -0.294 e. The van der Waals surface area contributed by atoms with Gasteiger partial charge in [-0.15, -0.1) is 0 Å². The monoisotopic (exact) mass is 357 g/mol. The fourth-order valence-corrected chi connectivity index (χ4v) is 3.98. The summed E-state index contributed by atoms with van der Waals surface area (Å²) in [7, 11) is 3.58. The van der Waals surface area contributed by atoms with E-state index in [9.17, 15) is 19.7 Å². The van der Waals surface area contributed by atoms with E-state index in [0.29, 0.717) is 18.4 Å². The maximum atomic E-state index is 13.0. The first-order valence-corrected chi connectivity index (χ1v) is 8.61. The van der Waals surface area contributed by atoms with Gasteiger partial charge in [-0.05, 0) is 17.4 Å². The summed E-state index contributed by atoms with van der Waals surface area (Å²) < 4.78 is 0. The highest BCUT2D eigenvalue weighted by atomic mass is 16.6. The first-order chi connectivity index (χ1) is 12.1. The van der Waals surface area contributed by atoms with E-state index in [-0.39, 0.29) is 35.1 Å². The molecule has 1 aromatic carbocycles. The molecule has 0 radical (unpaired) electrons. The van der Waals surface area contributed by atoms with E-state index in [1.807, 2.05) is 13.8 Å². The number of benzene rings is 1. The molecular formula is C19H23N3O4. The molecule has 0 spiro atoms. The van der Waals surface area contributed by atoms with E-state index in [0.717, 1.165) is 11.3 Å². The van der Waals surface area contributed by atoms with Crippen LogP contribution in [0.4, 0.5) is 5.69 Å². The Labute approximate surface area is 152 Å². The van der Waals surface area contributed by atoms with Crippen molar-refractivity contribution in [1.29, 1.82) is 0 Å². The third-order valence-electron chi connectivity index (χ3n) is 5.02. The molecule has 0 fully saturated rings. The van der Waals surface area contributed by atoms with Crippen LogP contribution in [0.15, 0.2) is 35.5 Å². The molecule has 138 valence electrons. The number of nitro benzene ring substituents is 1. The van der Waals surface area contributed by atoms with Gasteiger partial charge in [-0.25, -0.2) is 10.0 Å². The SMILES string of the molecule is CN(C)N1C(=O)C[C@H](c2ccc([N+](=O)[O-])cc2)C2=C1CC(C)(C)CC2=O. The Hall–Kier alpha value is -2.54. The van der Waals surface area contributed by atoms with Crippen LogP contribution < -0.4 is 0 Å². The Balaban J connectivity index is 2.11. The van der Waals surface area contributed by atoms with Crippen molar-refractivity contribution >= 4 is 17.4 Å². The Kier molecular flexibility index (Phi) is 4.44. The van der Waals surface area contributed by atoms with Crippen LogP contribution in [0.25, 0.3) is 0 Å². The normalized spacial score (nSPS) is 22.7. The van der Waals surface area contributed by atoms with Crippen LogP contribution in [0, 0.1) is 15.5 Å². The van der Waals surface area contributed by atoms with Gasteiger partial charge in [-0.3, -0.25) is 19.7 Å². The number of hydrogen-bond acceptors (Lipinski definition) is 5. The van der Waals surface area contributed by atoms with Gasteiger partial charge >= 0.3 is 0 Å². The van der Waals surface area contributed by atoms with Crippen LogP contribution in [-0.4, -0.2) is 40.7 Å². The zero-order chi connectivity index (χ0) is 19.2. The highest BCUT2D eigenvalue weighted by Crippen LogP contribution is 2.47. The Morgan fingerprint density at radius 1 is 1.15 bits per heavy atom. The molecule has 2 aliphatic rings. The van der Waals surface area contributed by atoms with Crippen molar-refractivity contribution < 1.29 is 14.5 Å². The molecule has 1 aliphatic carbocycles. The lowest BCUT2D eigenvalue weighted by atomic mass is 9.69. The summed E-state index contributed by atoms with van der Waals surface area (Å²) in [4.78, 5) is 36.2. The molecule has 0 aromatic heterocycles. The predicted octanol–water partition coefficient (Wildman–Crippen LogP) is 3.03. The van der Waals surface area contributed by atoms with Crippen molar-refractivity contribution in [2.45, 2.75) is 39.0 Å². The van der Waals surface area contributed by atoms with Crippen molar-refractivity contribution in [3.63, 3.8) is 0 Å². The van der Waals surface area contributed by atoms with Gasteiger partial charge in [0.05, 0.1) is 4.92 Å². The molecule has 1 atom stereocenters. The molecule has 1 aliphatic heterocycles. The molecule has 0 bridgehead atoms. The van der Waals surface area contributed by atoms with Crippen molar-refractivity contribution in [1.82, 2.24) is 10.0 Å². The summed E-state index contributed by atoms with van der Waals surface area (Å²) in [5.74, 6) is -0.361. The van der Waals surface area contributed by atoms with Gasteiger partial charge in [-0.1, -0.05) is 26.0 Å². The number of carbonyl (C=O) groups excluding carboxylic acids is 2. The van der Waals surface area contributed by atoms with Crippen molar-refractivity contribution in [2.75, 3.05) is 14.1 Å². The van der Waals surface area contributed by atoms with Crippen LogP contribution in [0.1, 0.15) is 44.6 Å². The Morgan fingerprint density at radius 2 is 1.77 bits per heavy atom. The maximum absolute atomic E-state index is 13.0. The number of nitrogens with zero attached hydrogens (tertiary/aromatic N) is 3. The Bertz CT molecular complexity index is 809. The summed E-state index contributed by atoms with van der Waals surface area (Å²) >= 11 is 0. The molecule has 1 aromatic rings. The van der Waals surface area contributed by atoms with Crippen LogP contribution in [0.5, 0.6) is 0 Å². The zero-order valence-corrected chi connectivity index (χ0v) is 15.5. The van der Waals surface area contributed by atoms with Gasteiger partial charge in [0, 0.05) is 56.3 Å². The fraction of sp³-hybridized carbons (Fsp3) is 0.474. The molecule has 26 heavy (non-hydrogen) atoms. The third kappa shape index (κ3) is 3.14. The topological polar surface area (TPSA) is 83.8 Å². The van der Waals surface area contributed by atoms with Crippen molar-refractivity contribution in [3.8, 4) is 0 Å². The number of hydrazine groups is 1. The van der Waals surface area contributed by atoms with Crippen molar-refractivity contribution in [2.24, 2.45) is 5.41 Å². The van der Waals surface area contributed by atoms with Gasteiger partial charge in [0.15, 0.2) is 5.78 Å². The molecule has 7 heteroatoms. The highest BCUT2D eigenvalue weighted by Gasteiger charge is 2.44. The molecule has 0 saturated carbocycles. The number of Topliss-reactive ketones (excluding diaryl/α,β-unsaturated/α-hetero) is 1. The number of non-ortho nitro benzene ring substituents is 1. The van der Waals surface area contributed by atoms with Crippen molar-refractivity contribution in [3.05, 3.63) is 51.2 Å². The van der Waals surface area contributed by atoms with Crippen LogP contribution >= 0.6 is 0 Å². The van der Waals surface area contributed by atoms with E-state index in [2.05, 4.69) is 0 Å². The second-order valence-electron chi connectivity index (χ2n) is 7.96. The van der Waals surface area contributed by atoms with Crippen LogP contribution in [0.2, 0.25) is 0 Å². The fourth-order valence-electron chi connectivity index (χ4n) is 3.98. The molecule has 0 N–H and O–H groups in total. The summed E-state index contributed by atoms with van der Waals surface area (Å²) in [6, 6.07) is 6.16. The number of nitro groups is 1. The zero-order valence-electron chi connectivity index (χ0n) is 15.5. The second-order valence-corrected chi connectivity index (χ2v) is 7.96. The average molecular weight is 357 g/mol. The molecular weight excluding hydrogens is 334 g/mol. The summed E-state index contributed by atoms with van der Waals surface area (Å²) in [6.45, 7) is 4.06. The van der Waals surface area contributed by atoms with E-state index in [1.165, 1.54) is 12.1 Å². The Morgan fingerprint density at radius 3 is 2.31 bits per heavy atom. The van der Waals surface area contributed by atoms with E-state index >= 15 is 0 Å². The number of hydrogen-bond donors (Lipinski definition) is 0. The van der Waals surface area contributed by atoms with E-state index in [1.54, 1.807) is 36.2 Å². The molecule has 3 rings (SSSR count). The second kappa shape index (κ2) is 6.32. The lowest BCUT2D eigenvalue weighted by molar-refractivity contribution is -0.384. The molecule has 1 heterocycles. The first kappa shape index (κ1) is 18.3. The van der Waals surface area contributed by atoms with E-state index in [4.69, 9.17) is 0 Å². The standard InChI is InChI=1S/C19H23N3O4/c1-19(2)10-15-18(16(23)11-19)14(9-17(24)21(15)20(3)4)12-5-7-13(8-6-12)22(25)26/h5-8,14H,9-11H2,1-4H3/t14-/m1/s1. The van der Waals surface area contributed by atoms with Gasteiger partial charge in [0.25, 0.3) is 5.69 Å². The summed E-state index contributed by atoms with van der Waals surface area (Å²) in [5, 5.41) is 14.2. The van der Waals surface area contributed by atoms with Gasteiger partial charge in [0.2, 0.25) is 5.91 Å². The quantitative estimate of drug-likeness (QED) is 0.613. The van der Waals surface area contributed by atoms with Gasteiger partial charge in [0.1, 0.15) is 0 Å². The number of rotatable bonds is 3. The minimum atomic E-state index is -0.456. The molecule has 7 nitrogen and oxygen atoms in total. The number of allylic oxidation sites excluding steroid dienone is 2. The molecule has 0 saturated heterocycles. The summed E-state index contributed by atoms with van der Waals surface area (Å²) in [6.07, 6.45) is 1.26. The van der Waals surface area contributed by atoms with Crippen LogP contribution in [-0.2, 0) is 9.59 Å². The summed E-state index contributed by atoms with van der Waals surface area (Å²) in [5.41, 5.74) is 1.99. The highest BCUT2D eigenvalue weighted by molar-refractivity contribution is 6.01. The van der Waals surface area contributed by atoms with Gasteiger partial charge < -0.3 is 0 Å². The lowest BCUT2D eigenvalue weighted by Gasteiger charge is -2.44. The largest absolute Gasteiger partial charge is 0.294 e. The number of ketones is 1. The predicted molar refractivity (Wildman–Crippen MR) is 96.0 cm³/mol. The minimum absolute atomic E-state index is 0.00360. The van der Waals surface area contributed by atoms with Gasteiger partial charge in [-0.2, -0.15) is 0 Å². The smallest absolute Gasteiger partial charge is 0.269 e. The molecule has 0 unspecified atom stereocenters. The van der Waals surface area contributed by atoms with Crippen LogP contribution in [0.3, 0.4) is 0 Å². The first-order valence-electron chi connectivity index (χ1n) is 8.61. The third-order valence-corrected chi connectivity index (χ3v) is 5.02. The maximum Gasteiger partial charge on any atom is 0.269 e. The number of amides is 1. The average Bonchev–Trinajstić information content (AvgIpc) is 2.52. The lowest BCUT2D eigenvalue weighted by Crippen LogP contribution is -2.49. The van der Waals surface area contributed by atoms with E-state index < -0.39 is 4.92 Å². The number of carbonyl (C=O) groups is 2. The molecule has 1 amide bonds.